The van der Waals surface area contributed by atoms with E-state index in [1.807, 2.05) is 48.5 Å². The lowest BCUT2D eigenvalue weighted by molar-refractivity contribution is -0.389. The molecule has 0 saturated carbocycles. The van der Waals surface area contributed by atoms with Gasteiger partial charge in [-0.25, -0.2) is 13.6 Å². The highest BCUT2D eigenvalue weighted by molar-refractivity contribution is 9.08. The maximum Gasteiger partial charge on any atom is 0.381 e. The lowest BCUT2D eigenvalue weighted by Crippen LogP contribution is -2.11. The third kappa shape index (κ3) is 5.33. The molecule has 1 aromatic heterocycles. The summed E-state index contributed by atoms with van der Waals surface area (Å²) in [5.41, 5.74) is 4.49. The molecule has 0 bridgehead atoms. The van der Waals surface area contributed by atoms with Crippen molar-refractivity contribution in [1.29, 1.82) is 0 Å². The molecule has 3 N–H and O–H groups in total. The van der Waals surface area contributed by atoms with Crippen molar-refractivity contribution in [2.45, 2.75) is 16.8 Å². The molecule has 34 heavy (non-hydrogen) atoms. The van der Waals surface area contributed by atoms with E-state index in [9.17, 15) is 18.5 Å². The number of aromatic nitrogens is 2. The lowest BCUT2D eigenvalue weighted by Gasteiger charge is -2.13. The minimum absolute atomic E-state index is 0.0493. The van der Waals surface area contributed by atoms with E-state index in [-0.39, 0.29) is 10.7 Å². The number of benzene rings is 3. The maximum absolute atomic E-state index is 11.5. The van der Waals surface area contributed by atoms with Gasteiger partial charge in [0.1, 0.15) is 6.20 Å². The molecule has 3 aromatic carbocycles. The van der Waals surface area contributed by atoms with Crippen molar-refractivity contribution in [3.05, 3.63) is 100 Å². The van der Waals surface area contributed by atoms with Gasteiger partial charge >= 0.3 is 5.82 Å². The highest BCUT2D eigenvalue weighted by atomic mass is 79.9. The molecule has 0 atom stereocenters. The first-order valence-electron chi connectivity index (χ1n) is 10.1. The molecule has 0 amide bonds. The van der Waals surface area contributed by atoms with E-state index in [0.717, 1.165) is 28.1 Å². The number of hydrogen-bond acceptors (Lipinski definition) is 6. The van der Waals surface area contributed by atoms with Crippen molar-refractivity contribution in [2.24, 2.45) is 5.14 Å². The van der Waals surface area contributed by atoms with E-state index in [4.69, 9.17) is 5.14 Å². The fourth-order valence-corrected chi connectivity index (χ4v) is 4.45. The van der Waals surface area contributed by atoms with Crippen LogP contribution in [-0.2, 0) is 21.9 Å². The summed E-state index contributed by atoms with van der Waals surface area (Å²) in [6.07, 6.45) is 1.44. The maximum atomic E-state index is 11.5. The van der Waals surface area contributed by atoms with Crippen LogP contribution in [0.2, 0.25) is 0 Å². The van der Waals surface area contributed by atoms with Gasteiger partial charge in [0.15, 0.2) is 0 Å². The topological polar surface area (TPSA) is 133 Å². The Hall–Kier alpha value is -3.54. The van der Waals surface area contributed by atoms with Gasteiger partial charge in [0.2, 0.25) is 15.8 Å². The molecule has 0 aliphatic heterocycles. The molecule has 0 spiro atoms. The van der Waals surface area contributed by atoms with Crippen LogP contribution in [0.4, 0.5) is 17.2 Å². The van der Waals surface area contributed by atoms with Crippen molar-refractivity contribution in [1.82, 2.24) is 9.55 Å². The average molecular weight is 542 g/mol. The van der Waals surface area contributed by atoms with Crippen LogP contribution < -0.4 is 10.5 Å². The standard InChI is InChI=1S/C23H20BrN5O4S/c24-13-22-27-23(29(30)31)15-28(22)14-16-5-7-17(8-6-16)20-3-1-2-4-21(20)26-18-9-11-19(12-10-18)34(25,32)33/h1-12,15,26H,13-14H2,(H2,25,32,33). The SMILES string of the molecule is NS(=O)(=O)c1ccc(Nc2ccccc2-c2ccc(Cn3cc([N+](=O)[O-])nc3CBr)cc2)cc1. The zero-order valence-electron chi connectivity index (χ0n) is 17.8. The van der Waals surface area contributed by atoms with Crippen LogP contribution in [0, 0.1) is 10.1 Å². The Morgan fingerprint density at radius 3 is 2.32 bits per heavy atom. The molecular formula is C23H20BrN5O4S. The second-order valence-electron chi connectivity index (χ2n) is 7.47. The van der Waals surface area contributed by atoms with Gasteiger partial charge in [-0.05, 0) is 51.4 Å². The number of halogens is 1. The summed E-state index contributed by atoms with van der Waals surface area (Å²) in [6, 6.07) is 21.9. The zero-order valence-corrected chi connectivity index (χ0v) is 20.2. The van der Waals surface area contributed by atoms with E-state index in [0.29, 0.717) is 17.7 Å². The summed E-state index contributed by atoms with van der Waals surface area (Å²) >= 11 is 3.33. The van der Waals surface area contributed by atoms with E-state index in [2.05, 4.69) is 26.2 Å². The average Bonchev–Trinajstić information content (AvgIpc) is 3.23. The number of rotatable bonds is 8. The number of alkyl halides is 1. The van der Waals surface area contributed by atoms with Gasteiger partial charge in [0.25, 0.3) is 0 Å². The second-order valence-corrected chi connectivity index (χ2v) is 9.59. The summed E-state index contributed by atoms with van der Waals surface area (Å²) in [5.74, 6) is 0.405. The van der Waals surface area contributed by atoms with Crippen LogP contribution in [0.3, 0.4) is 0 Å². The number of imidazole rings is 1. The molecule has 9 nitrogen and oxygen atoms in total. The monoisotopic (exact) mass is 541 g/mol. The molecule has 1 heterocycles. The Balaban J connectivity index is 1.55. The number of primary sulfonamides is 1. The van der Waals surface area contributed by atoms with Gasteiger partial charge in [-0.15, -0.1) is 0 Å². The second kappa shape index (κ2) is 9.75. The number of hydrogen-bond donors (Lipinski definition) is 2. The number of para-hydroxylation sites is 1. The number of nitrogens with two attached hydrogens (primary N) is 1. The normalized spacial score (nSPS) is 11.4. The Kier molecular flexibility index (Phi) is 6.77. The first kappa shape index (κ1) is 23.6. The van der Waals surface area contributed by atoms with E-state index >= 15 is 0 Å². The van der Waals surface area contributed by atoms with E-state index < -0.39 is 14.9 Å². The van der Waals surface area contributed by atoms with Gasteiger partial charge in [-0.1, -0.05) is 58.4 Å². The third-order valence-electron chi connectivity index (χ3n) is 5.16. The summed E-state index contributed by atoms with van der Waals surface area (Å²) < 4.78 is 24.7. The zero-order chi connectivity index (χ0) is 24.3. The lowest BCUT2D eigenvalue weighted by atomic mass is 10.0. The summed E-state index contributed by atoms with van der Waals surface area (Å²) in [4.78, 5) is 14.6. The minimum Gasteiger partial charge on any atom is -0.358 e. The summed E-state index contributed by atoms with van der Waals surface area (Å²) in [5, 5.41) is 19.9. The minimum atomic E-state index is -3.75. The molecule has 0 saturated heterocycles. The fourth-order valence-electron chi connectivity index (χ4n) is 3.48. The summed E-state index contributed by atoms with van der Waals surface area (Å²) in [6.45, 7) is 0.457. The first-order chi connectivity index (χ1) is 16.2. The number of nitrogens with zero attached hydrogens (tertiary/aromatic N) is 3. The third-order valence-corrected chi connectivity index (χ3v) is 6.59. The molecule has 174 valence electrons. The van der Waals surface area contributed by atoms with Gasteiger partial charge in [-0.3, -0.25) is 0 Å². The quantitative estimate of drug-likeness (QED) is 0.187. The van der Waals surface area contributed by atoms with E-state index in [1.165, 1.54) is 18.3 Å². The van der Waals surface area contributed by atoms with Crippen molar-refractivity contribution in [2.75, 3.05) is 5.32 Å². The molecular weight excluding hydrogens is 522 g/mol. The van der Waals surface area contributed by atoms with Gasteiger partial charge in [0, 0.05) is 16.9 Å². The van der Waals surface area contributed by atoms with E-state index in [1.54, 1.807) is 16.7 Å². The number of anilines is 2. The molecule has 0 radical (unpaired) electrons. The van der Waals surface area contributed by atoms with Crippen LogP contribution in [0.25, 0.3) is 11.1 Å². The van der Waals surface area contributed by atoms with Crippen molar-refractivity contribution in [3.63, 3.8) is 0 Å². The first-order valence-corrected chi connectivity index (χ1v) is 12.8. The molecule has 0 aliphatic carbocycles. The molecule has 4 aromatic rings. The Labute approximate surface area is 204 Å². The predicted octanol–water partition coefficient (Wildman–Crippen LogP) is 4.79. The Bertz CT molecular complexity index is 1440. The van der Waals surface area contributed by atoms with Crippen molar-refractivity contribution < 1.29 is 13.3 Å². The highest BCUT2D eigenvalue weighted by Crippen LogP contribution is 2.31. The fraction of sp³-hybridized carbons (Fsp3) is 0.0870. The highest BCUT2D eigenvalue weighted by Gasteiger charge is 2.17. The number of nitro groups is 1. The van der Waals surface area contributed by atoms with Crippen LogP contribution in [0.1, 0.15) is 11.4 Å². The van der Waals surface area contributed by atoms with Crippen LogP contribution >= 0.6 is 15.9 Å². The van der Waals surface area contributed by atoms with Crippen LogP contribution in [0.15, 0.2) is 83.9 Å². The van der Waals surface area contributed by atoms with Crippen LogP contribution in [0.5, 0.6) is 0 Å². The van der Waals surface area contributed by atoms with Crippen molar-refractivity contribution >= 4 is 43.1 Å². The predicted molar refractivity (Wildman–Crippen MR) is 134 cm³/mol. The molecule has 11 heteroatoms. The Morgan fingerprint density at radius 2 is 1.71 bits per heavy atom. The van der Waals surface area contributed by atoms with Crippen LogP contribution in [-0.4, -0.2) is 22.9 Å². The summed E-state index contributed by atoms with van der Waals surface area (Å²) in [7, 11) is -3.75. The Morgan fingerprint density at radius 1 is 1.03 bits per heavy atom. The number of nitrogens with one attached hydrogen (secondary N) is 1. The molecule has 0 unspecified atom stereocenters. The van der Waals surface area contributed by atoms with Gasteiger partial charge in [0.05, 0.1) is 16.8 Å². The number of sulfonamides is 1. The largest absolute Gasteiger partial charge is 0.381 e. The molecule has 4 rings (SSSR count). The van der Waals surface area contributed by atoms with Gasteiger partial charge in [-0.2, -0.15) is 0 Å². The van der Waals surface area contributed by atoms with Gasteiger partial charge < -0.3 is 20.0 Å². The smallest absolute Gasteiger partial charge is 0.358 e. The van der Waals surface area contributed by atoms with Crippen molar-refractivity contribution in [3.8, 4) is 11.1 Å². The molecule has 0 aliphatic rings. The molecule has 0 fully saturated rings.